The lowest BCUT2D eigenvalue weighted by Crippen LogP contribution is -2.27. The molecule has 3 aromatic rings. The molecule has 8 heteroatoms. The number of anilines is 1. The number of hydrogen-bond donors (Lipinski definition) is 2. The Balaban J connectivity index is 1.45. The molecule has 0 bridgehead atoms. The van der Waals surface area contributed by atoms with Gasteiger partial charge in [0.05, 0.1) is 18.4 Å². The normalized spacial score (nSPS) is 10.5. The van der Waals surface area contributed by atoms with Gasteiger partial charge in [0, 0.05) is 16.8 Å². The summed E-state index contributed by atoms with van der Waals surface area (Å²) in [6.07, 6.45) is 2.45. The minimum absolute atomic E-state index is 0.0826. The molecule has 0 saturated carbocycles. The van der Waals surface area contributed by atoms with Crippen LogP contribution in [0.15, 0.2) is 45.7 Å². The summed E-state index contributed by atoms with van der Waals surface area (Å²) in [6.45, 7) is 0.603. The second-order valence-electron chi connectivity index (χ2n) is 4.93. The summed E-state index contributed by atoms with van der Waals surface area (Å²) in [7, 11) is 0. The Morgan fingerprint density at radius 2 is 2.12 bits per heavy atom. The number of rotatable bonds is 7. The van der Waals surface area contributed by atoms with Crippen molar-refractivity contribution in [1.82, 2.24) is 10.3 Å². The topological polar surface area (TPSA) is 84.2 Å². The molecule has 0 saturated heterocycles. The SMILES string of the molecule is O=C(Cc1csc(NC(=O)c2ccco2)n1)NCCc1cccs1. The first-order chi connectivity index (χ1) is 11.7. The molecule has 2 amide bonds. The number of furan rings is 1. The molecule has 0 fully saturated rings. The summed E-state index contributed by atoms with van der Waals surface area (Å²) in [4.78, 5) is 29.2. The maximum atomic E-state index is 11.9. The Morgan fingerprint density at radius 1 is 1.21 bits per heavy atom. The number of nitrogens with zero attached hydrogens (tertiary/aromatic N) is 1. The third-order valence-electron chi connectivity index (χ3n) is 3.13. The van der Waals surface area contributed by atoms with Gasteiger partial charge >= 0.3 is 0 Å². The van der Waals surface area contributed by atoms with E-state index in [9.17, 15) is 9.59 Å². The van der Waals surface area contributed by atoms with E-state index >= 15 is 0 Å². The fourth-order valence-electron chi connectivity index (χ4n) is 2.02. The number of carbonyl (C=O) groups is 2. The van der Waals surface area contributed by atoms with Crippen molar-refractivity contribution in [2.45, 2.75) is 12.8 Å². The highest BCUT2D eigenvalue weighted by atomic mass is 32.1. The standard InChI is InChI=1S/C16H15N3O3S2/c20-14(17-6-5-12-3-2-8-23-12)9-11-10-24-16(18-11)19-15(21)13-4-1-7-22-13/h1-4,7-8,10H,5-6,9H2,(H,17,20)(H,18,19,21). The van der Waals surface area contributed by atoms with Gasteiger partial charge in [-0.1, -0.05) is 6.07 Å². The summed E-state index contributed by atoms with van der Waals surface area (Å²) in [6, 6.07) is 7.26. The number of aromatic nitrogens is 1. The maximum absolute atomic E-state index is 11.9. The third-order valence-corrected chi connectivity index (χ3v) is 4.88. The zero-order chi connectivity index (χ0) is 16.8. The average molecular weight is 361 g/mol. The van der Waals surface area contributed by atoms with E-state index in [-0.39, 0.29) is 24.0 Å². The predicted octanol–water partition coefficient (Wildman–Crippen LogP) is 2.95. The van der Waals surface area contributed by atoms with E-state index in [1.165, 1.54) is 22.5 Å². The zero-order valence-corrected chi connectivity index (χ0v) is 14.3. The molecule has 124 valence electrons. The van der Waals surface area contributed by atoms with Crippen LogP contribution in [0.3, 0.4) is 0 Å². The van der Waals surface area contributed by atoms with Crippen LogP contribution in [0, 0.1) is 0 Å². The lowest BCUT2D eigenvalue weighted by Gasteiger charge is -2.02. The Morgan fingerprint density at radius 3 is 2.88 bits per heavy atom. The van der Waals surface area contributed by atoms with Gasteiger partial charge < -0.3 is 9.73 Å². The molecule has 2 N–H and O–H groups in total. The Hall–Kier alpha value is -2.45. The first-order valence-electron chi connectivity index (χ1n) is 7.29. The summed E-state index contributed by atoms with van der Waals surface area (Å²) in [5.74, 6) is -0.222. The molecule has 24 heavy (non-hydrogen) atoms. The van der Waals surface area contributed by atoms with Crippen LogP contribution in [0.2, 0.25) is 0 Å². The number of carbonyl (C=O) groups excluding carboxylic acids is 2. The minimum atomic E-state index is -0.360. The summed E-state index contributed by atoms with van der Waals surface area (Å²) in [5.41, 5.74) is 0.628. The number of thiophene rings is 1. The van der Waals surface area contributed by atoms with Crippen LogP contribution in [0.5, 0.6) is 0 Å². The van der Waals surface area contributed by atoms with Crippen LogP contribution in [0.1, 0.15) is 21.1 Å². The van der Waals surface area contributed by atoms with E-state index < -0.39 is 0 Å². The summed E-state index contributed by atoms with van der Waals surface area (Å²) < 4.78 is 5.02. The van der Waals surface area contributed by atoms with Crippen LogP contribution in [-0.4, -0.2) is 23.3 Å². The van der Waals surface area contributed by atoms with Gasteiger partial charge in [0.2, 0.25) is 5.91 Å². The Kier molecular flexibility index (Phi) is 5.39. The highest BCUT2D eigenvalue weighted by Gasteiger charge is 2.12. The van der Waals surface area contributed by atoms with Gasteiger partial charge in [0.1, 0.15) is 0 Å². The summed E-state index contributed by atoms with van der Waals surface area (Å²) >= 11 is 2.95. The monoisotopic (exact) mass is 361 g/mol. The maximum Gasteiger partial charge on any atom is 0.293 e. The van der Waals surface area contributed by atoms with Gasteiger partial charge in [-0.25, -0.2) is 4.98 Å². The molecule has 0 spiro atoms. The molecular formula is C16H15N3O3S2. The molecule has 0 aliphatic heterocycles. The van der Waals surface area contributed by atoms with Crippen LogP contribution in [0.4, 0.5) is 5.13 Å². The van der Waals surface area contributed by atoms with Crippen LogP contribution < -0.4 is 10.6 Å². The van der Waals surface area contributed by atoms with Gasteiger partial charge in [-0.3, -0.25) is 14.9 Å². The molecule has 0 aromatic carbocycles. The van der Waals surface area contributed by atoms with Crippen molar-refractivity contribution in [2.75, 3.05) is 11.9 Å². The van der Waals surface area contributed by atoms with E-state index in [0.717, 1.165) is 6.42 Å². The molecule has 3 aromatic heterocycles. The first-order valence-corrected chi connectivity index (χ1v) is 9.05. The first kappa shape index (κ1) is 16.4. The quantitative estimate of drug-likeness (QED) is 0.678. The fraction of sp³-hybridized carbons (Fsp3) is 0.188. The van der Waals surface area contributed by atoms with Crippen LogP contribution in [0.25, 0.3) is 0 Å². The van der Waals surface area contributed by atoms with E-state index in [2.05, 4.69) is 15.6 Å². The summed E-state index contributed by atoms with van der Waals surface area (Å²) in [5, 5.41) is 9.74. The number of nitrogens with one attached hydrogen (secondary N) is 2. The second kappa shape index (κ2) is 7.89. The third kappa shape index (κ3) is 4.53. The number of thiazole rings is 1. The van der Waals surface area contributed by atoms with Crippen molar-refractivity contribution >= 4 is 39.6 Å². The van der Waals surface area contributed by atoms with E-state index in [1.54, 1.807) is 28.8 Å². The molecule has 0 radical (unpaired) electrons. The van der Waals surface area contributed by atoms with Gasteiger partial charge in [0.25, 0.3) is 5.91 Å². The van der Waals surface area contributed by atoms with Gasteiger partial charge in [-0.05, 0) is 30.0 Å². The van der Waals surface area contributed by atoms with Crippen molar-refractivity contribution in [3.8, 4) is 0 Å². The second-order valence-corrected chi connectivity index (χ2v) is 6.82. The lowest BCUT2D eigenvalue weighted by atomic mass is 10.3. The largest absolute Gasteiger partial charge is 0.459 e. The highest BCUT2D eigenvalue weighted by molar-refractivity contribution is 7.14. The molecule has 0 atom stereocenters. The predicted molar refractivity (Wildman–Crippen MR) is 93.5 cm³/mol. The van der Waals surface area contributed by atoms with Crippen molar-refractivity contribution in [3.05, 3.63) is 57.6 Å². The van der Waals surface area contributed by atoms with Crippen molar-refractivity contribution in [2.24, 2.45) is 0 Å². The molecule has 0 unspecified atom stereocenters. The smallest absolute Gasteiger partial charge is 0.293 e. The van der Waals surface area contributed by atoms with E-state index in [4.69, 9.17) is 4.42 Å². The van der Waals surface area contributed by atoms with Crippen LogP contribution >= 0.6 is 22.7 Å². The highest BCUT2D eigenvalue weighted by Crippen LogP contribution is 2.17. The molecule has 6 nitrogen and oxygen atoms in total. The van der Waals surface area contributed by atoms with E-state index in [1.807, 2.05) is 17.5 Å². The van der Waals surface area contributed by atoms with Gasteiger partial charge in [-0.2, -0.15) is 0 Å². The minimum Gasteiger partial charge on any atom is -0.459 e. The molecule has 0 aliphatic carbocycles. The Bertz CT molecular complexity index is 795. The van der Waals surface area contributed by atoms with Crippen molar-refractivity contribution < 1.29 is 14.0 Å². The number of amides is 2. The van der Waals surface area contributed by atoms with Gasteiger partial charge in [-0.15, -0.1) is 22.7 Å². The number of hydrogen-bond acceptors (Lipinski definition) is 6. The fourth-order valence-corrected chi connectivity index (χ4v) is 3.43. The Labute approximate surface area is 146 Å². The van der Waals surface area contributed by atoms with Crippen LogP contribution in [-0.2, 0) is 17.6 Å². The van der Waals surface area contributed by atoms with Gasteiger partial charge in [0.15, 0.2) is 10.9 Å². The molecule has 3 heterocycles. The van der Waals surface area contributed by atoms with Crippen molar-refractivity contribution in [1.29, 1.82) is 0 Å². The average Bonchev–Trinajstić information content (AvgIpc) is 3.30. The lowest BCUT2D eigenvalue weighted by molar-refractivity contribution is -0.120. The van der Waals surface area contributed by atoms with Crippen molar-refractivity contribution in [3.63, 3.8) is 0 Å². The molecule has 3 rings (SSSR count). The zero-order valence-electron chi connectivity index (χ0n) is 12.7. The van der Waals surface area contributed by atoms with E-state index in [0.29, 0.717) is 17.4 Å². The molecule has 0 aliphatic rings. The molecular weight excluding hydrogens is 346 g/mol.